The Morgan fingerprint density at radius 2 is 0.893 bits per heavy atom. The highest BCUT2D eigenvalue weighted by Crippen LogP contribution is 2.42. The zero-order chi connectivity index (χ0) is 36.7. The molecule has 9 aromatic carbocycles. The van der Waals surface area contributed by atoms with Crippen LogP contribution in [-0.2, 0) is 0 Å². The van der Waals surface area contributed by atoms with Crippen molar-refractivity contribution in [1.29, 1.82) is 0 Å². The summed E-state index contributed by atoms with van der Waals surface area (Å²) in [7, 11) is 0. The fraction of sp³-hybridized carbons (Fsp3) is 0. The van der Waals surface area contributed by atoms with Crippen LogP contribution >= 0.6 is 0 Å². The Balaban J connectivity index is 1.13. The molecule has 0 fully saturated rings. The van der Waals surface area contributed by atoms with Crippen LogP contribution in [0.1, 0.15) is 0 Å². The lowest BCUT2D eigenvalue weighted by molar-refractivity contribution is 1.08. The van der Waals surface area contributed by atoms with E-state index in [4.69, 9.17) is 9.97 Å². The molecule has 0 aliphatic heterocycles. The first-order chi connectivity index (χ1) is 27.8. The van der Waals surface area contributed by atoms with Gasteiger partial charge in [0.1, 0.15) is 5.69 Å². The Labute approximate surface area is 322 Å². The minimum absolute atomic E-state index is 0.817. The molecule has 0 bridgehead atoms. The third-order valence-electron chi connectivity index (χ3n) is 11.5. The van der Waals surface area contributed by atoms with Gasteiger partial charge in [0, 0.05) is 32.8 Å². The van der Waals surface area contributed by atoms with Gasteiger partial charge in [-0.25, -0.2) is 9.97 Å². The van der Waals surface area contributed by atoms with Gasteiger partial charge < -0.3 is 4.57 Å². The number of benzene rings is 9. The first-order valence-electron chi connectivity index (χ1n) is 19.1. The van der Waals surface area contributed by atoms with Crippen LogP contribution in [0.15, 0.2) is 194 Å². The molecular weight excluding hydrogens is 681 g/mol. The predicted molar refractivity (Wildman–Crippen MR) is 234 cm³/mol. The summed E-state index contributed by atoms with van der Waals surface area (Å²) in [5.74, 6) is 0.817. The number of fused-ring (bicyclic) bond motifs is 10. The molecule has 0 radical (unpaired) electrons. The van der Waals surface area contributed by atoms with Gasteiger partial charge in [0.2, 0.25) is 0 Å². The molecule has 4 heteroatoms. The number of rotatable bonds is 4. The summed E-state index contributed by atoms with van der Waals surface area (Å²) in [5, 5.41) is 9.67. The molecule has 12 rings (SSSR count). The van der Waals surface area contributed by atoms with E-state index in [-0.39, 0.29) is 0 Å². The first-order valence-corrected chi connectivity index (χ1v) is 19.1. The van der Waals surface area contributed by atoms with E-state index >= 15 is 0 Å². The Kier molecular flexibility index (Phi) is 6.60. The quantitative estimate of drug-likeness (QED) is 0.182. The third kappa shape index (κ3) is 4.60. The number of hydrogen-bond donors (Lipinski definition) is 0. The lowest BCUT2D eigenvalue weighted by atomic mass is 9.99. The van der Waals surface area contributed by atoms with E-state index in [9.17, 15) is 0 Å². The molecule has 0 saturated carbocycles. The van der Waals surface area contributed by atoms with Gasteiger partial charge in [-0.05, 0) is 99.4 Å². The van der Waals surface area contributed by atoms with Crippen LogP contribution in [0.4, 0.5) is 0 Å². The summed E-state index contributed by atoms with van der Waals surface area (Å²) >= 11 is 0. The van der Waals surface area contributed by atoms with Gasteiger partial charge in [-0.2, -0.15) is 0 Å². The van der Waals surface area contributed by atoms with E-state index in [1.165, 1.54) is 65.3 Å². The van der Waals surface area contributed by atoms with E-state index in [0.29, 0.717) is 0 Å². The molecule has 12 aromatic rings. The van der Waals surface area contributed by atoms with Crippen LogP contribution in [-0.4, -0.2) is 19.1 Å². The lowest BCUT2D eigenvalue weighted by Crippen LogP contribution is -2.03. The molecule has 0 aliphatic rings. The van der Waals surface area contributed by atoms with Crippen molar-refractivity contribution in [3.63, 3.8) is 0 Å². The molecule has 0 spiro atoms. The maximum atomic E-state index is 5.42. The van der Waals surface area contributed by atoms with Crippen LogP contribution in [0.2, 0.25) is 0 Å². The van der Waals surface area contributed by atoms with E-state index in [0.717, 1.165) is 44.8 Å². The van der Waals surface area contributed by atoms with Crippen LogP contribution in [0.5, 0.6) is 0 Å². The van der Waals surface area contributed by atoms with Crippen molar-refractivity contribution in [2.24, 2.45) is 0 Å². The molecule has 0 saturated heterocycles. The normalized spacial score (nSPS) is 11.9. The van der Waals surface area contributed by atoms with Crippen LogP contribution in [0.25, 0.3) is 110 Å². The molecule has 3 heterocycles. The maximum absolute atomic E-state index is 5.42. The minimum atomic E-state index is 0.817. The second-order valence-electron chi connectivity index (χ2n) is 14.6. The fourth-order valence-electron chi connectivity index (χ4n) is 8.88. The van der Waals surface area contributed by atoms with E-state index in [2.05, 4.69) is 191 Å². The van der Waals surface area contributed by atoms with Crippen molar-refractivity contribution < 1.29 is 0 Å². The molecule has 56 heavy (non-hydrogen) atoms. The first kappa shape index (κ1) is 30.9. The summed E-state index contributed by atoms with van der Waals surface area (Å²) in [5.41, 5.74) is 11.7. The average molecular weight is 713 g/mol. The van der Waals surface area contributed by atoms with Gasteiger partial charge in [0.05, 0.1) is 33.1 Å². The molecule has 0 atom stereocenters. The Hall–Kier alpha value is -7.56. The van der Waals surface area contributed by atoms with Crippen molar-refractivity contribution in [1.82, 2.24) is 19.1 Å². The second kappa shape index (κ2) is 12.0. The number of hydrogen-bond acceptors (Lipinski definition) is 2. The highest BCUT2D eigenvalue weighted by atomic mass is 15.1. The third-order valence-corrected chi connectivity index (χ3v) is 11.5. The lowest BCUT2D eigenvalue weighted by Gasteiger charge is -2.14. The molecule has 0 amide bonds. The molecule has 260 valence electrons. The Bertz CT molecular complexity index is 3540. The molecular formula is C52H32N4. The van der Waals surface area contributed by atoms with E-state index < -0.39 is 0 Å². The monoisotopic (exact) mass is 712 g/mol. The van der Waals surface area contributed by atoms with Crippen molar-refractivity contribution in [2.45, 2.75) is 0 Å². The average Bonchev–Trinajstić information content (AvgIpc) is 3.78. The summed E-state index contributed by atoms with van der Waals surface area (Å²) in [6, 6.07) is 69.7. The van der Waals surface area contributed by atoms with Crippen molar-refractivity contribution in [3.05, 3.63) is 194 Å². The van der Waals surface area contributed by atoms with Gasteiger partial charge in [0.15, 0.2) is 5.82 Å². The summed E-state index contributed by atoms with van der Waals surface area (Å²) < 4.78 is 4.71. The van der Waals surface area contributed by atoms with Crippen LogP contribution < -0.4 is 0 Å². The molecule has 0 aliphatic carbocycles. The summed E-state index contributed by atoms with van der Waals surface area (Å²) in [6.07, 6.45) is 0. The fourth-order valence-corrected chi connectivity index (χ4v) is 8.88. The standard InChI is InChI=1S/C52H32N4/c1-2-15-39(16-3-1)55-46-21-11-8-18-41(46)42-31-36(25-27-47(42)55)37-26-28-48-43(32-37)50-40-17-7-6-13-34(40)24-29-49(50)56(48)52-51(53-44-19-9-10-20-45(44)54-52)38-23-22-33-12-4-5-14-35(33)30-38/h1-32H. The summed E-state index contributed by atoms with van der Waals surface area (Å²) in [6.45, 7) is 0. The largest absolute Gasteiger partial charge is 0.309 e. The SMILES string of the molecule is c1ccc(-n2c3ccccc3c3cc(-c4ccc5c(c4)c4c6ccccc6ccc4n5-c4nc5ccccc5nc4-c4ccc5ccccc5c4)ccc32)cc1. The van der Waals surface area contributed by atoms with Gasteiger partial charge in [-0.1, -0.05) is 127 Å². The van der Waals surface area contributed by atoms with Gasteiger partial charge >= 0.3 is 0 Å². The predicted octanol–water partition coefficient (Wildman–Crippen LogP) is 13.5. The highest BCUT2D eigenvalue weighted by molar-refractivity contribution is 6.22. The van der Waals surface area contributed by atoms with E-state index in [1.54, 1.807) is 0 Å². The van der Waals surface area contributed by atoms with Crippen molar-refractivity contribution in [3.8, 4) is 33.9 Å². The Morgan fingerprint density at radius 1 is 0.321 bits per heavy atom. The second-order valence-corrected chi connectivity index (χ2v) is 14.6. The topological polar surface area (TPSA) is 35.6 Å². The molecule has 3 aromatic heterocycles. The van der Waals surface area contributed by atoms with Crippen LogP contribution in [0.3, 0.4) is 0 Å². The van der Waals surface area contributed by atoms with Crippen molar-refractivity contribution >= 4 is 76.2 Å². The maximum Gasteiger partial charge on any atom is 0.165 e. The van der Waals surface area contributed by atoms with Gasteiger partial charge in [0.25, 0.3) is 0 Å². The zero-order valence-electron chi connectivity index (χ0n) is 30.3. The zero-order valence-corrected chi connectivity index (χ0v) is 30.3. The minimum Gasteiger partial charge on any atom is -0.309 e. The number of para-hydroxylation sites is 4. The molecule has 4 nitrogen and oxygen atoms in total. The van der Waals surface area contributed by atoms with Crippen molar-refractivity contribution in [2.75, 3.05) is 0 Å². The smallest absolute Gasteiger partial charge is 0.165 e. The Morgan fingerprint density at radius 3 is 1.71 bits per heavy atom. The highest BCUT2D eigenvalue weighted by Gasteiger charge is 2.22. The van der Waals surface area contributed by atoms with Crippen LogP contribution in [0, 0.1) is 0 Å². The van der Waals surface area contributed by atoms with E-state index in [1.807, 2.05) is 12.1 Å². The number of aromatic nitrogens is 4. The summed E-state index contributed by atoms with van der Waals surface area (Å²) in [4.78, 5) is 10.8. The van der Waals surface area contributed by atoms with Gasteiger partial charge in [-0.15, -0.1) is 0 Å². The number of nitrogens with zero attached hydrogens (tertiary/aromatic N) is 4. The molecule has 0 unspecified atom stereocenters. The molecule has 0 N–H and O–H groups in total. The van der Waals surface area contributed by atoms with Gasteiger partial charge in [-0.3, -0.25) is 4.57 Å².